The van der Waals surface area contributed by atoms with Gasteiger partial charge in [-0.2, -0.15) is 4.98 Å². The van der Waals surface area contributed by atoms with E-state index in [1.165, 1.54) is 0 Å². The Kier molecular flexibility index (Phi) is 3.47. The van der Waals surface area contributed by atoms with Crippen molar-refractivity contribution in [3.8, 4) is 0 Å². The van der Waals surface area contributed by atoms with Crippen molar-refractivity contribution in [3.05, 3.63) is 10.4 Å². The second-order valence-electron chi connectivity index (χ2n) is 3.86. The summed E-state index contributed by atoms with van der Waals surface area (Å²) in [7, 11) is 0. The minimum Gasteiger partial charge on any atom is -0.372 e. The van der Waals surface area contributed by atoms with Crippen molar-refractivity contribution >= 4 is 29.0 Å². The van der Waals surface area contributed by atoms with Gasteiger partial charge >= 0.3 is 0 Å². The summed E-state index contributed by atoms with van der Waals surface area (Å²) in [6.07, 6.45) is 0.266. The monoisotopic (exact) mass is 262 g/mol. The third-order valence-electron chi connectivity index (χ3n) is 2.32. The van der Waals surface area contributed by atoms with E-state index in [0.717, 1.165) is 13.1 Å². The quantitative estimate of drug-likeness (QED) is 0.773. The number of hydrogen-bond acceptors (Lipinski definition) is 5. The van der Waals surface area contributed by atoms with Crippen LogP contribution >= 0.6 is 23.2 Å². The van der Waals surface area contributed by atoms with E-state index in [-0.39, 0.29) is 22.6 Å². The van der Waals surface area contributed by atoms with Crippen LogP contribution in [0.25, 0.3) is 0 Å². The van der Waals surface area contributed by atoms with E-state index < -0.39 is 0 Å². The van der Waals surface area contributed by atoms with E-state index in [9.17, 15) is 0 Å². The molecule has 2 unspecified atom stereocenters. The molecule has 0 radical (unpaired) electrons. The first-order chi connectivity index (χ1) is 7.56. The molecule has 0 saturated carbocycles. The van der Waals surface area contributed by atoms with Crippen LogP contribution in [0.15, 0.2) is 0 Å². The first-order valence-electron chi connectivity index (χ1n) is 5.02. The molecule has 1 aromatic heterocycles. The number of ether oxygens (including phenoxy) is 1. The summed E-state index contributed by atoms with van der Waals surface area (Å²) < 4.78 is 5.63. The molecule has 2 atom stereocenters. The normalized spacial score (nSPS) is 25.9. The molecule has 7 heteroatoms. The fourth-order valence-corrected chi connectivity index (χ4v) is 2.16. The van der Waals surface area contributed by atoms with Gasteiger partial charge in [-0.3, -0.25) is 0 Å². The van der Waals surface area contributed by atoms with Gasteiger partial charge in [-0.05, 0) is 25.4 Å². The van der Waals surface area contributed by atoms with Crippen LogP contribution in [0.4, 0.5) is 5.82 Å². The minimum absolute atomic E-state index is 0.103. The molecule has 0 bridgehead atoms. The van der Waals surface area contributed by atoms with Crippen LogP contribution < -0.4 is 4.90 Å². The zero-order valence-electron chi connectivity index (χ0n) is 9.02. The third kappa shape index (κ3) is 2.53. The molecule has 0 aliphatic carbocycles. The van der Waals surface area contributed by atoms with Gasteiger partial charge in [0.25, 0.3) is 0 Å². The molecule has 2 heterocycles. The molecule has 88 valence electrons. The van der Waals surface area contributed by atoms with Gasteiger partial charge in [0.05, 0.1) is 12.2 Å². The molecule has 1 aliphatic heterocycles. The molecule has 16 heavy (non-hydrogen) atoms. The summed E-state index contributed by atoms with van der Waals surface area (Å²) in [6, 6.07) is 0. The van der Waals surface area contributed by atoms with Gasteiger partial charge < -0.3 is 9.64 Å². The van der Waals surface area contributed by atoms with Crippen LogP contribution in [-0.2, 0) is 4.74 Å². The van der Waals surface area contributed by atoms with Crippen molar-refractivity contribution in [3.63, 3.8) is 0 Å². The van der Waals surface area contributed by atoms with Crippen LogP contribution in [0.1, 0.15) is 13.8 Å². The Bertz CT molecular complexity index is 380. The number of halogens is 2. The van der Waals surface area contributed by atoms with Gasteiger partial charge in [0.2, 0.25) is 5.28 Å². The van der Waals surface area contributed by atoms with Gasteiger partial charge in [0.1, 0.15) is 0 Å². The van der Waals surface area contributed by atoms with E-state index in [1.54, 1.807) is 0 Å². The summed E-state index contributed by atoms with van der Waals surface area (Å²) in [5, 5.41) is 7.70. The highest BCUT2D eigenvalue weighted by Gasteiger charge is 2.25. The second kappa shape index (κ2) is 4.69. The molecule has 2 rings (SSSR count). The molecule has 1 saturated heterocycles. The summed E-state index contributed by atoms with van der Waals surface area (Å²) >= 11 is 11.7. The summed E-state index contributed by atoms with van der Waals surface area (Å²) in [5.74, 6) is 0.573. The Morgan fingerprint density at radius 1 is 1.19 bits per heavy atom. The van der Waals surface area contributed by atoms with Gasteiger partial charge in [-0.15, -0.1) is 10.2 Å². The summed E-state index contributed by atoms with van der Waals surface area (Å²) in [6.45, 7) is 5.46. The fraction of sp³-hybridized carbons (Fsp3) is 0.667. The number of morpholine rings is 1. The molecule has 5 nitrogen and oxygen atoms in total. The number of rotatable bonds is 1. The van der Waals surface area contributed by atoms with Gasteiger partial charge in [-0.25, -0.2) is 0 Å². The third-order valence-corrected chi connectivity index (χ3v) is 2.73. The first-order valence-corrected chi connectivity index (χ1v) is 5.78. The highest BCUT2D eigenvalue weighted by Crippen LogP contribution is 2.24. The highest BCUT2D eigenvalue weighted by atomic mass is 35.5. The molecule has 0 N–H and O–H groups in total. The number of aromatic nitrogens is 3. The SMILES string of the molecule is CC1CN(c2nc(Cl)nnc2Cl)CC(C)O1. The lowest BCUT2D eigenvalue weighted by Crippen LogP contribution is -2.46. The van der Waals surface area contributed by atoms with Crippen LogP contribution in [0.2, 0.25) is 10.4 Å². The highest BCUT2D eigenvalue weighted by molar-refractivity contribution is 6.32. The van der Waals surface area contributed by atoms with E-state index in [0.29, 0.717) is 5.82 Å². The maximum Gasteiger partial charge on any atom is 0.245 e. The lowest BCUT2D eigenvalue weighted by atomic mass is 10.2. The Hall–Kier alpha value is -0.650. The smallest absolute Gasteiger partial charge is 0.245 e. The lowest BCUT2D eigenvalue weighted by Gasteiger charge is -2.35. The van der Waals surface area contributed by atoms with E-state index in [1.807, 2.05) is 18.7 Å². The first kappa shape index (κ1) is 11.8. The second-order valence-corrected chi connectivity index (χ2v) is 4.55. The van der Waals surface area contributed by atoms with Gasteiger partial charge in [-0.1, -0.05) is 11.6 Å². The predicted octanol–water partition coefficient (Wildman–Crippen LogP) is 1.79. The van der Waals surface area contributed by atoms with Crippen molar-refractivity contribution < 1.29 is 4.74 Å². The Balaban J connectivity index is 2.25. The number of hydrogen-bond donors (Lipinski definition) is 0. The van der Waals surface area contributed by atoms with Crippen LogP contribution in [0.3, 0.4) is 0 Å². The number of nitrogens with zero attached hydrogens (tertiary/aromatic N) is 4. The Morgan fingerprint density at radius 2 is 1.81 bits per heavy atom. The maximum atomic E-state index is 5.95. The van der Waals surface area contributed by atoms with Gasteiger partial charge in [0, 0.05) is 13.1 Å². The molecule has 0 spiro atoms. The standard InChI is InChI=1S/C9H12Cl2N4O/c1-5-3-15(4-6(2)16-5)8-7(10)13-14-9(11)12-8/h5-6H,3-4H2,1-2H3. The topological polar surface area (TPSA) is 51.1 Å². The van der Waals surface area contributed by atoms with E-state index >= 15 is 0 Å². The van der Waals surface area contributed by atoms with Crippen molar-refractivity contribution in [2.24, 2.45) is 0 Å². The van der Waals surface area contributed by atoms with Gasteiger partial charge in [0.15, 0.2) is 11.0 Å². The lowest BCUT2D eigenvalue weighted by molar-refractivity contribution is -0.00548. The van der Waals surface area contributed by atoms with Crippen molar-refractivity contribution in [1.82, 2.24) is 15.2 Å². The zero-order valence-corrected chi connectivity index (χ0v) is 10.5. The molecular weight excluding hydrogens is 251 g/mol. The Morgan fingerprint density at radius 3 is 2.44 bits per heavy atom. The van der Waals surface area contributed by atoms with Crippen molar-refractivity contribution in [1.29, 1.82) is 0 Å². The predicted molar refractivity (Wildman–Crippen MR) is 62.1 cm³/mol. The summed E-state index contributed by atoms with van der Waals surface area (Å²) in [4.78, 5) is 6.11. The minimum atomic E-state index is 0.103. The zero-order chi connectivity index (χ0) is 11.7. The molecule has 0 aromatic carbocycles. The molecule has 1 aromatic rings. The van der Waals surface area contributed by atoms with Crippen LogP contribution in [0, 0.1) is 0 Å². The largest absolute Gasteiger partial charge is 0.372 e. The van der Waals surface area contributed by atoms with E-state index in [4.69, 9.17) is 27.9 Å². The molecule has 1 aliphatic rings. The van der Waals surface area contributed by atoms with Crippen LogP contribution in [0.5, 0.6) is 0 Å². The van der Waals surface area contributed by atoms with Crippen LogP contribution in [-0.4, -0.2) is 40.5 Å². The van der Waals surface area contributed by atoms with Crippen molar-refractivity contribution in [2.45, 2.75) is 26.1 Å². The average molecular weight is 263 g/mol. The molecular formula is C9H12Cl2N4O. The molecule has 1 fully saturated rings. The maximum absolute atomic E-state index is 5.95. The number of anilines is 1. The van der Waals surface area contributed by atoms with E-state index in [2.05, 4.69) is 15.2 Å². The fourth-order valence-electron chi connectivity index (χ4n) is 1.84. The molecule has 0 amide bonds. The average Bonchev–Trinajstić information content (AvgIpc) is 2.20. The van der Waals surface area contributed by atoms with Crippen molar-refractivity contribution in [2.75, 3.05) is 18.0 Å². The Labute approximate surface area is 104 Å². The summed E-state index contributed by atoms with van der Waals surface area (Å²) in [5.41, 5.74) is 0.